The van der Waals surface area contributed by atoms with E-state index in [0.717, 1.165) is 10.7 Å². The highest BCUT2D eigenvalue weighted by Gasteiger charge is 2.09. The molecule has 0 unspecified atom stereocenters. The first kappa shape index (κ1) is 20.5. The van der Waals surface area contributed by atoms with Crippen LogP contribution in [0.1, 0.15) is 28.4 Å². The molecule has 2 aromatic rings. The van der Waals surface area contributed by atoms with Gasteiger partial charge in [0.1, 0.15) is 28.9 Å². The lowest BCUT2D eigenvalue weighted by atomic mass is 10.1. The molecule has 4 nitrogen and oxygen atoms in total. The average Bonchev–Trinajstić information content (AvgIpc) is 2.97. The lowest BCUT2D eigenvalue weighted by molar-refractivity contribution is 0.303. The molecule has 1 aromatic carbocycles. The smallest absolute Gasteiger partial charge is 0.140 e. The predicted octanol–water partition coefficient (Wildman–Crippen LogP) is 6.62. The first-order chi connectivity index (χ1) is 13.4. The Morgan fingerprint density at radius 1 is 1.14 bits per heavy atom. The summed E-state index contributed by atoms with van der Waals surface area (Å²) in [5.74, 6) is 1.86. The SMILES string of the molecule is Cc1nc(COc2cc(Cl)cc(O/C3=C/C/C(C#N)=C\C(Cl)=CC3)c2)sc1C. The second-order valence-corrected chi connectivity index (χ2v) is 8.37. The summed E-state index contributed by atoms with van der Waals surface area (Å²) < 4.78 is 11.8. The van der Waals surface area contributed by atoms with Crippen molar-refractivity contribution < 1.29 is 9.47 Å². The number of nitriles is 1. The van der Waals surface area contributed by atoms with Crippen LogP contribution in [0.25, 0.3) is 0 Å². The minimum Gasteiger partial charge on any atom is -0.486 e. The lowest BCUT2D eigenvalue weighted by Crippen LogP contribution is -1.99. The Morgan fingerprint density at radius 3 is 2.64 bits per heavy atom. The maximum absolute atomic E-state index is 9.13. The molecule has 0 bridgehead atoms. The molecule has 0 saturated carbocycles. The van der Waals surface area contributed by atoms with Gasteiger partial charge in [0.2, 0.25) is 0 Å². The molecular weight excluding hydrogens is 415 g/mol. The molecule has 0 aliphatic heterocycles. The van der Waals surface area contributed by atoms with Gasteiger partial charge in [-0.2, -0.15) is 5.26 Å². The van der Waals surface area contributed by atoms with Crippen LogP contribution in [-0.2, 0) is 6.61 Å². The molecule has 144 valence electrons. The van der Waals surface area contributed by atoms with Gasteiger partial charge < -0.3 is 9.47 Å². The second kappa shape index (κ2) is 9.29. The van der Waals surface area contributed by atoms with Gasteiger partial charge in [0.05, 0.1) is 11.8 Å². The highest BCUT2D eigenvalue weighted by molar-refractivity contribution is 7.11. The van der Waals surface area contributed by atoms with Gasteiger partial charge in [-0.15, -0.1) is 11.3 Å². The van der Waals surface area contributed by atoms with E-state index in [1.54, 1.807) is 41.7 Å². The summed E-state index contributed by atoms with van der Waals surface area (Å²) in [5.41, 5.74) is 1.60. The van der Waals surface area contributed by atoms with Crippen molar-refractivity contribution in [2.45, 2.75) is 33.3 Å². The molecule has 0 spiro atoms. The van der Waals surface area contributed by atoms with Crippen molar-refractivity contribution in [2.24, 2.45) is 0 Å². The average molecular weight is 433 g/mol. The van der Waals surface area contributed by atoms with Crippen molar-refractivity contribution in [1.82, 2.24) is 4.98 Å². The summed E-state index contributed by atoms with van der Waals surface area (Å²) in [4.78, 5) is 5.66. The minimum atomic E-state index is 0.372. The normalized spacial score (nSPS) is 17.9. The van der Waals surface area contributed by atoms with Crippen LogP contribution in [-0.4, -0.2) is 4.98 Å². The quantitative estimate of drug-likeness (QED) is 0.532. The Kier molecular flexibility index (Phi) is 6.79. The van der Waals surface area contributed by atoms with Crippen LogP contribution in [0, 0.1) is 25.2 Å². The largest absolute Gasteiger partial charge is 0.486 e. The van der Waals surface area contributed by atoms with E-state index in [1.807, 2.05) is 19.9 Å². The van der Waals surface area contributed by atoms with E-state index in [4.69, 9.17) is 37.9 Å². The summed E-state index contributed by atoms with van der Waals surface area (Å²) in [5, 5.41) is 11.1. The summed E-state index contributed by atoms with van der Waals surface area (Å²) in [6.07, 6.45) is 6.33. The molecule has 1 aliphatic rings. The maximum Gasteiger partial charge on any atom is 0.140 e. The number of benzene rings is 1. The van der Waals surface area contributed by atoms with Crippen molar-refractivity contribution in [3.8, 4) is 17.6 Å². The van der Waals surface area contributed by atoms with Crippen LogP contribution in [0.5, 0.6) is 11.5 Å². The van der Waals surface area contributed by atoms with Crippen LogP contribution < -0.4 is 9.47 Å². The Bertz CT molecular complexity index is 996. The van der Waals surface area contributed by atoms with E-state index >= 15 is 0 Å². The van der Waals surface area contributed by atoms with Crippen molar-refractivity contribution in [1.29, 1.82) is 5.26 Å². The molecule has 1 heterocycles. The first-order valence-electron chi connectivity index (χ1n) is 8.62. The molecule has 0 atom stereocenters. The van der Waals surface area contributed by atoms with Crippen LogP contribution in [0.15, 0.2) is 52.8 Å². The number of nitrogens with zero attached hydrogens (tertiary/aromatic N) is 2. The van der Waals surface area contributed by atoms with E-state index in [9.17, 15) is 0 Å². The minimum absolute atomic E-state index is 0.372. The zero-order valence-corrected chi connectivity index (χ0v) is 17.8. The fraction of sp³-hybridized carbons (Fsp3) is 0.238. The topological polar surface area (TPSA) is 55.1 Å². The lowest BCUT2D eigenvalue weighted by Gasteiger charge is -2.13. The van der Waals surface area contributed by atoms with Crippen molar-refractivity contribution >= 4 is 34.5 Å². The molecule has 28 heavy (non-hydrogen) atoms. The van der Waals surface area contributed by atoms with Gasteiger partial charge >= 0.3 is 0 Å². The third kappa shape index (κ3) is 5.62. The van der Waals surface area contributed by atoms with E-state index < -0.39 is 0 Å². The second-order valence-electron chi connectivity index (χ2n) is 6.21. The Morgan fingerprint density at radius 2 is 1.93 bits per heavy atom. The molecule has 0 N–H and O–H groups in total. The van der Waals surface area contributed by atoms with Crippen LogP contribution in [0.2, 0.25) is 5.02 Å². The molecule has 0 fully saturated rings. The summed E-state index contributed by atoms with van der Waals surface area (Å²) in [6, 6.07) is 7.37. The number of allylic oxidation sites excluding steroid dienone is 5. The molecule has 0 saturated heterocycles. The summed E-state index contributed by atoms with van der Waals surface area (Å²) >= 11 is 13.9. The zero-order chi connectivity index (χ0) is 20.1. The predicted molar refractivity (Wildman–Crippen MR) is 113 cm³/mol. The Hall–Kier alpha value is -2.26. The van der Waals surface area contributed by atoms with Gasteiger partial charge in [0.15, 0.2) is 0 Å². The van der Waals surface area contributed by atoms with Gasteiger partial charge in [-0.25, -0.2) is 4.98 Å². The van der Waals surface area contributed by atoms with Gasteiger partial charge in [-0.1, -0.05) is 29.3 Å². The van der Waals surface area contributed by atoms with Gasteiger partial charge in [-0.05, 0) is 38.1 Å². The van der Waals surface area contributed by atoms with Crippen LogP contribution >= 0.6 is 34.5 Å². The third-order valence-electron chi connectivity index (χ3n) is 4.03. The van der Waals surface area contributed by atoms with E-state index in [0.29, 0.717) is 52.3 Å². The molecule has 1 aromatic heterocycles. The molecule has 0 radical (unpaired) electrons. The fourth-order valence-corrected chi connectivity index (χ4v) is 3.80. The Balaban J connectivity index is 1.72. The number of rotatable bonds is 5. The monoisotopic (exact) mass is 432 g/mol. The number of hydrogen-bond acceptors (Lipinski definition) is 5. The number of aryl methyl sites for hydroxylation is 2. The fourth-order valence-electron chi connectivity index (χ4n) is 2.53. The number of ether oxygens (including phenoxy) is 2. The highest BCUT2D eigenvalue weighted by Crippen LogP contribution is 2.30. The molecule has 7 heteroatoms. The number of hydrogen-bond donors (Lipinski definition) is 0. The summed E-state index contributed by atoms with van der Waals surface area (Å²) in [7, 11) is 0. The van der Waals surface area contributed by atoms with Crippen molar-refractivity contribution in [3.05, 3.63) is 73.4 Å². The Labute approximate surface area is 178 Å². The van der Waals surface area contributed by atoms with Gasteiger partial charge in [0, 0.05) is 39.4 Å². The molecular formula is C21H18Cl2N2O2S. The zero-order valence-electron chi connectivity index (χ0n) is 15.5. The van der Waals surface area contributed by atoms with Crippen molar-refractivity contribution in [2.75, 3.05) is 0 Å². The number of halogens is 2. The number of aromatic nitrogens is 1. The first-order valence-corrected chi connectivity index (χ1v) is 10.2. The maximum atomic E-state index is 9.13. The molecule has 0 amide bonds. The highest BCUT2D eigenvalue weighted by atomic mass is 35.5. The van der Waals surface area contributed by atoms with Gasteiger partial charge in [0.25, 0.3) is 0 Å². The van der Waals surface area contributed by atoms with Crippen LogP contribution in [0.3, 0.4) is 0 Å². The standard InChI is InChI=1S/C21H18Cl2N2O2S/c1-13-14(2)28-21(25-13)12-26-19-8-17(23)9-20(10-19)27-18-5-3-15(11-24)7-16(22)4-6-18/h4-5,7-10H,3,6,12H2,1-2H3/b15-7+,16-4?,18-5+. The van der Waals surface area contributed by atoms with Crippen LogP contribution in [0.4, 0.5) is 0 Å². The van der Waals surface area contributed by atoms with Gasteiger partial charge in [-0.3, -0.25) is 0 Å². The summed E-state index contributed by atoms with van der Waals surface area (Å²) in [6.45, 7) is 4.39. The molecule has 1 aliphatic carbocycles. The van der Waals surface area contributed by atoms with Crippen molar-refractivity contribution in [3.63, 3.8) is 0 Å². The van der Waals surface area contributed by atoms with E-state index in [-0.39, 0.29) is 0 Å². The van der Waals surface area contributed by atoms with E-state index in [2.05, 4.69) is 11.1 Å². The molecule has 3 rings (SSSR count). The third-order valence-corrected chi connectivity index (χ3v) is 5.56. The number of thiazole rings is 1. The van der Waals surface area contributed by atoms with E-state index in [1.165, 1.54) is 4.88 Å².